The van der Waals surface area contributed by atoms with Crippen molar-refractivity contribution in [2.24, 2.45) is 11.7 Å². The summed E-state index contributed by atoms with van der Waals surface area (Å²) in [6, 6.07) is 5.52. The van der Waals surface area contributed by atoms with E-state index < -0.39 is 0 Å². The van der Waals surface area contributed by atoms with E-state index in [1.807, 2.05) is 12.1 Å². The van der Waals surface area contributed by atoms with Crippen LogP contribution in [0.5, 0.6) is 0 Å². The number of amides is 1. The Balaban J connectivity index is 1.92. The molecule has 0 aliphatic heterocycles. The molecule has 4 nitrogen and oxygen atoms in total. The van der Waals surface area contributed by atoms with Gasteiger partial charge in [0, 0.05) is 11.4 Å². The van der Waals surface area contributed by atoms with Crippen molar-refractivity contribution in [3.8, 4) is 0 Å². The highest BCUT2D eigenvalue weighted by Crippen LogP contribution is 2.28. The molecule has 1 unspecified atom stereocenters. The van der Waals surface area contributed by atoms with Crippen LogP contribution in [0.15, 0.2) is 18.2 Å². The number of thiazole rings is 1. The molecular weight excluding hydrogens is 306 g/mol. The molecule has 2 aromatic rings. The van der Waals surface area contributed by atoms with E-state index in [4.69, 9.17) is 17.3 Å². The van der Waals surface area contributed by atoms with Gasteiger partial charge in [0.15, 0.2) is 5.13 Å². The zero-order chi connectivity index (χ0) is 15.2. The average molecular weight is 326 g/mol. The summed E-state index contributed by atoms with van der Waals surface area (Å²) in [5.74, 6) is 0.533. The molecule has 0 fully saturated rings. The maximum atomic E-state index is 12.0. The second-order valence-corrected chi connectivity index (χ2v) is 6.54. The van der Waals surface area contributed by atoms with Crippen LogP contribution in [0, 0.1) is 5.92 Å². The number of hydrogen-bond donors (Lipinski definition) is 2. The monoisotopic (exact) mass is 325 g/mol. The minimum absolute atomic E-state index is 0.00984. The molecule has 0 aliphatic rings. The molecule has 6 heteroatoms. The smallest absolute Gasteiger partial charge is 0.226 e. The molecule has 0 saturated heterocycles. The average Bonchev–Trinajstić information content (AvgIpc) is 2.84. The third-order valence-electron chi connectivity index (χ3n) is 3.53. The first-order valence-electron chi connectivity index (χ1n) is 7.18. The van der Waals surface area contributed by atoms with Crippen LogP contribution in [-0.2, 0) is 4.79 Å². The number of nitrogens with zero attached hydrogens (tertiary/aromatic N) is 1. The standard InChI is InChI=1S/C15H20ClN3OS/c1-2-10(7-8-17)3-6-14(20)19-15-18-12-5-4-11(16)9-13(12)21-15/h4-5,9-10H,2-3,6-8,17H2,1H3,(H,18,19,20). The first-order valence-corrected chi connectivity index (χ1v) is 8.37. The van der Waals surface area contributed by atoms with Crippen molar-refractivity contribution in [2.45, 2.75) is 32.6 Å². The lowest BCUT2D eigenvalue weighted by Crippen LogP contribution is -2.14. The highest BCUT2D eigenvalue weighted by molar-refractivity contribution is 7.22. The molecule has 21 heavy (non-hydrogen) atoms. The van der Waals surface area contributed by atoms with Crippen molar-refractivity contribution in [1.29, 1.82) is 0 Å². The summed E-state index contributed by atoms with van der Waals surface area (Å²) in [7, 11) is 0. The number of halogens is 1. The van der Waals surface area contributed by atoms with Gasteiger partial charge in [-0.3, -0.25) is 4.79 Å². The Morgan fingerprint density at radius 2 is 2.29 bits per heavy atom. The van der Waals surface area contributed by atoms with Gasteiger partial charge in [-0.15, -0.1) is 0 Å². The first-order chi connectivity index (χ1) is 10.1. The van der Waals surface area contributed by atoms with E-state index in [-0.39, 0.29) is 5.91 Å². The predicted molar refractivity (Wildman–Crippen MR) is 89.9 cm³/mol. The summed E-state index contributed by atoms with van der Waals surface area (Å²) in [5.41, 5.74) is 6.43. The molecule has 0 radical (unpaired) electrons. The van der Waals surface area contributed by atoms with Crippen LogP contribution in [0.4, 0.5) is 5.13 Å². The number of aromatic nitrogens is 1. The molecule has 114 valence electrons. The summed E-state index contributed by atoms with van der Waals surface area (Å²) in [4.78, 5) is 16.4. The van der Waals surface area contributed by atoms with Gasteiger partial charge in [-0.1, -0.05) is 36.3 Å². The molecule has 1 heterocycles. The van der Waals surface area contributed by atoms with Gasteiger partial charge in [0.1, 0.15) is 0 Å². The number of carbonyl (C=O) groups is 1. The van der Waals surface area contributed by atoms with Gasteiger partial charge in [-0.05, 0) is 43.5 Å². The van der Waals surface area contributed by atoms with Gasteiger partial charge < -0.3 is 11.1 Å². The van der Waals surface area contributed by atoms with E-state index in [1.54, 1.807) is 6.07 Å². The van der Waals surface area contributed by atoms with E-state index in [0.717, 1.165) is 29.5 Å². The minimum atomic E-state index is 0.00984. The molecule has 1 aromatic heterocycles. The van der Waals surface area contributed by atoms with Crippen LogP contribution >= 0.6 is 22.9 Å². The number of benzene rings is 1. The van der Waals surface area contributed by atoms with Gasteiger partial charge >= 0.3 is 0 Å². The molecule has 0 aliphatic carbocycles. The Hall–Kier alpha value is -1.17. The predicted octanol–water partition coefficient (Wildman–Crippen LogP) is 4.04. The third-order valence-corrected chi connectivity index (χ3v) is 4.70. The fourth-order valence-electron chi connectivity index (χ4n) is 2.26. The largest absolute Gasteiger partial charge is 0.330 e. The van der Waals surface area contributed by atoms with Gasteiger partial charge in [0.05, 0.1) is 10.2 Å². The van der Waals surface area contributed by atoms with Gasteiger partial charge in [0.2, 0.25) is 5.91 Å². The highest BCUT2D eigenvalue weighted by atomic mass is 35.5. The van der Waals surface area contributed by atoms with E-state index in [2.05, 4.69) is 17.2 Å². The molecule has 3 N–H and O–H groups in total. The van der Waals surface area contributed by atoms with E-state index in [1.165, 1.54) is 11.3 Å². The number of hydrogen-bond acceptors (Lipinski definition) is 4. The highest BCUT2D eigenvalue weighted by Gasteiger charge is 2.11. The van der Waals surface area contributed by atoms with Crippen molar-refractivity contribution in [2.75, 3.05) is 11.9 Å². The first kappa shape index (κ1) is 16.2. The number of nitrogens with one attached hydrogen (secondary N) is 1. The maximum Gasteiger partial charge on any atom is 0.226 e. The Labute approximate surface area is 133 Å². The van der Waals surface area contributed by atoms with Crippen molar-refractivity contribution in [1.82, 2.24) is 4.98 Å². The van der Waals surface area contributed by atoms with Gasteiger partial charge in [0.25, 0.3) is 0 Å². The number of carbonyl (C=O) groups excluding carboxylic acids is 1. The van der Waals surface area contributed by atoms with Crippen molar-refractivity contribution >= 4 is 44.2 Å². The molecule has 0 saturated carbocycles. The Kier molecular flexibility index (Phi) is 5.96. The number of rotatable bonds is 7. The van der Waals surface area contributed by atoms with Crippen LogP contribution < -0.4 is 11.1 Å². The lowest BCUT2D eigenvalue weighted by Gasteiger charge is -2.12. The molecule has 1 atom stereocenters. The van der Waals surface area contributed by atoms with Gasteiger partial charge in [-0.2, -0.15) is 0 Å². The Morgan fingerprint density at radius 1 is 1.48 bits per heavy atom. The van der Waals surface area contributed by atoms with Crippen molar-refractivity contribution in [3.63, 3.8) is 0 Å². The normalized spacial score (nSPS) is 12.5. The number of fused-ring (bicyclic) bond motifs is 1. The summed E-state index contributed by atoms with van der Waals surface area (Å²) < 4.78 is 0.979. The van der Waals surface area contributed by atoms with Crippen LogP contribution in [0.3, 0.4) is 0 Å². The fraction of sp³-hybridized carbons (Fsp3) is 0.467. The van der Waals surface area contributed by atoms with Gasteiger partial charge in [-0.25, -0.2) is 4.98 Å². The Bertz CT molecular complexity index is 614. The Morgan fingerprint density at radius 3 is 3.00 bits per heavy atom. The van der Waals surface area contributed by atoms with E-state index in [0.29, 0.717) is 29.0 Å². The summed E-state index contributed by atoms with van der Waals surface area (Å²) >= 11 is 7.39. The molecular formula is C15H20ClN3OS. The number of anilines is 1. The molecule has 0 spiro atoms. The van der Waals surface area contributed by atoms with Crippen LogP contribution in [0.1, 0.15) is 32.6 Å². The topological polar surface area (TPSA) is 68.0 Å². The van der Waals surface area contributed by atoms with Crippen LogP contribution in [-0.4, -0.2) is 17.4 Å². The molecule has 2 rings (SSSR count). The zero-order valence-electron chi connectivity index (χ0n) is 12.1. The lowest BCUT2D eigenvalue weighted by molar-refractivity contribution is -0.116. The molecule has 1 aromatic carbocycles. The van der Waals surface area contributed by atoms with Crippen LogP contribution in [0.25, 0.3) is 10.2 Å². The van der Waals surface area contributed by atoms with Crippen LogP contribution in [0.2, 0.25) is 5.02 Å². The fourth-order valence-corrected chi connectivity index (χ4v) is 3.42. The second kappa shape index (κ2) is 7.73. The lowest BCUT2D eigenvalue weighted by atomic mass is 9.96. The summed E-state index contributed by atoms with van der Waals surface area (Å²) in [6.07, 6.45) is 3.42. The van der Waals surface area contributed by atoms with Crippen molar-refractivity contribution < 1.29 is 4.79 Å². The summed E-state index contributed by atoms with van der Waals surface area (Å²) in [5, 5.41) is 4.17. The molecule has 0 bridgehead atoms. The zero-order valence-corrected chi connectivity index (χ0v) is 13.6. The summed E-state index contributed by atoms with van der Waals surface area (Å²) in [6.45, 7) is 2.81. The van der Waals surface area contributed by atoms with E-state index in [9.17, 15) is 4.79 Å². The quantitative estimate of drug-likeness (QED) is 0.807. The minimum Gasteiger partial charge on any atom is -0.330 e. The third kappa shape index (κ3) is 4.66. The van der Waals surface area contributed by atoms with Crippen molar-refractivity contribution in [3.05, 3.63) is 23.2 Å². The van der Waals surface area contributed by atoms with E-state index >= 15 is 0 Å². The number of nitrogens with two attached hydrogens (primary N) is 1. The second-order valence-electron chi connectivity index (χ2n) is 5.07. The SMILES string of the molecule is CCC(CCN)CCC(=O)Nc1nc2ccc(Cl)cc2s1. The molecule has 1 amide bonds. The maximum absolute atomic E-state index is 12.0.